The zero-order valence-corrected chi connectivity index (χ0v) is 19.8. The van der Waals surface area contributed by atoms with Crippen molar-refractivity contribution in [2.24, 2.45) is 0 Å². The molecule has 1 rings (SSSR count). The second kappa shape index (κ2) is 12.2. The van der Waals surface area contributed by atoms with Gasteiger partial charge in [0.15, 0.2) is 0 Å². The minimum absolute atomic E-state index is 0.0487. The number of rotatable bonds is 11. The molecule has 5 heteroatoms. The number of benzene rings is 1. The first-order valence-electron chi connectivity index (χ1n) is 10.2. The van der Waals surface area contributed by atoms with Crippen molar-refractivity contribution in [3.8, 4) is 0 Å². The van der Waals surface area contributed by atoms with Crippen LogP contribution in [0, 0.1) is 20.8 Å². The minimum atomic E-state index is -0.801. The van der Waals surface area contributed by atoms with E-state index >= 15 is 0 Å². The van der Waals surface area contributed by atoms with Crippen LogP contribution in [0.3, 0.4) is 0 Å². The molecule has 0 radical (unpaired) electrons. The van der Waals surface area contributed by atoms with Gasteiger partial charge in [-0.3, -0.25) is 9.10 Å². The Labute approximate surface area is 180 Å². The van der Waals surface area contributed by atoms with Crippen LogP contribution in [0.15, 0.2) is 23.6 Å². The highest BCUT2D eigenvalue weighted by molar-refractivity contribution is 7.96. The zero-order chi connectivity index (χ0) is 22.1. The summed E-state index contributed by atoms with van der Waals surface area (Å²) in [7, 11) is 2.01. The molecule has 0 saturated carbocycles. The monoisotopic (exact) mass is 421 g/mol. The van der Waals surface area contributed by atoms with Crippen molar-refractivity contribution in [3.05, 3.63) is 56.9 Å². The molecule has 0 heterocycles. The van der Waals surface area contributed by atoms with E-state index in [1.54, 1.807) is 11.9 Å². The average molecular weight is 422 g/mol. The van der Waals surface area contributed by atoms with Gasteiger partial charge in [-0.05, 0) is 99.2 Å². The quantitative estimate of drug-likeness (QED) is 0.344. The Kier molecular flexibility index (Phi) is 10.7. The standard InChI is InChI=1S/C24H36FNO2S/c1-8-20-19(5)22(15-24(27)28)18(4)17(3)21(20)12-9-11-16(2)23(25)13-10-14-26(6)29-7/h9,11H,8,10,12-15H2,1-7H3,(H,27,28)/b11-9-,23-16+. The van der Waals surface area contributed by atoms with Crippen molar-refractivity contribution in [3.63, 3.8) is 0 Å². The van der Waals surface area contributed by atoms with Crippen LogP contribution in [0.5, 0.6) is 0 Å². The lowest BCUT2D eigenvalue weighted by Gasteiger charge is -2.20. The van der Waals surface area contributed by atoms with Crippen molar-refractivity contribution in [1.82, 2.24) is 4.31 Å². The molecule has 1 aromatic carbocycles. The van der Waals surface area contributed by atoms with E-state index in [4.69, 9.17) is 0 Å². The Morgan fingerprint density at radius 3 is 2.31 bits per heavy atom. The molecule has 0 aliphatic rings. The van der Waals surface area contributed by atoms with Crippen molar-refractivity contribution in [2.45, 2.75) is 66.7 Å². The fraction of sp³-hybridized carbons (Fsp3) is 0.542. The summed E-state index contributed by atoms with van der Waals surface area (Å²) in [4.78, 5) is 11.3. The zero-order valence-electron chi connectivity index (χ0n) is 19.0. The van der Waals surface area contributed by atoms with E-state index in [9.17, 15) is 14.3 Å². The SMILES string of the molecule is CCc1c(C)c(CC(=O)O)c(C)c(C)c1C/C=C\C(C)=C(\F)CCCN(C)SC. The number of halogens is 1. The van der Waals surface area contributed by atoms with Crippen LogP contribution in [0.4, 0.5) is 4.39 Å². The van der Waals surface area contributed by atoms with Gasteiger partial charge >= 0.3 is 5.97 Å². The summed E-state index contributed by atoms with van der Waals surface area (Å²) in [5, 5.41) is 9.24. The molecule has 29 heavy (non-hydrogen) atoms. The van der Waals surface area contributed by atoms with E-state index in [-0.39, 0.29) is 12.2 Å². The van der Waals surface area contributed by atoms with E-state index in [1.165, 1.54) is 11.1 Å². The minimum Gasteiger partial charge on any atom is -0.481 e. The molecular formula is C24H36FNO2S. The molecule has 0 unspecified atom stereocenters. The van der Waals surface area contributed by atoms with E-state index in [0.29, 0.717) is 12.0 Å². The second-order valence-corrected chi connectivity index (χ2v) is 8.56. The highest BCUT2D eigenvalue weighted by Gasteiger charge is 2.17. The molecule has 0 aliphatic heterocycles. The van der Waals surface area contributed by atoms with Crippen LogP contribution >= 0.6 is 11.9 Å². The molecule has 0 atom stereocenters. The van der Waals surface area contributed by atoms with Gasteiger partial charge in [0.1, 0.15) is 5.83 Å². The number of aliphatic carboxylic acids is 1. The number of carboxylic acid groups (broad SMARTS) is 1. The number of allylic oxidation sites excluding steroid dienone is 4. The molecule has 0 aliphatic carbocycles. The lowest BCUT2D eigenvalue weighted by atomic mass is 9.84. The fourth-order valence-electron chi connectivity index (χ4n) is 3.73. The highest BCUT2D eigenvalue weighted by Crippen LogP contribution is 2.29. The van der Waals surface area contributed by atoms with E-state index < -0.39 is 5.97 Å². The molecule has 0 aromatic heterocycles. The molecule has 0 fully saturated rings. The Hall–Kier alpha value is -1.59. The topological polar surface area (TPSA) is 40.5 Å². The van der Waals surface area contributed by atoms with Gasteiger partial charge in [-0.2, -0.15) is 0 Å². The van der Waals surface area contributed by atoms with Crippen LogP contribution in [0.25, 0.3) is 0 Å². The summed E-state index contributed by atoms with van der Waals surface area (Å²) < 4.78 is 16.5. The van der Waals surface area contributed by atoms with Crippen LogP contribution in [-0.4, -0.2) is 35.2 Å². The summed E-state index contributed by atoms with van der Waals surface area (Å²) in [6.45, 7) is 10.9. The molecular weight excluding hydrogens is 385 g/mol. The third-order valence-corrected chi connectivity index (χ3v) is 6.52. The molecule has 0 spiro atoms. The van der Waals surface area contributed by atoms with Crippen LogP contribution in [0.2, 0.25) is 0 Å². The lowest BCUT2D eigenvalue weighted by molar-refractivity contribution is -0.136. The predicted molar refractivity (Wildman–Crippen MR) is 123 cm³/mol. The summed E-state index contributed by atoms with van der Waals surface area (Å²) in [6.07, 6.45) is 8.82. The van der Waals surface area contributed by atoms with E-state index in [1.807, 2.05) is 46.2 Å². The third-order valence-electron chi connectivity index (χ3n) is 5.72. The van der Waals surface area contributed by atoms with Crippen molar-refractivity contribution in [2.75, 3.05) is 19.8 Å². The predicted octanol–water partition coefficient (Wildman–Crippen LogP) is 6.13. The number of hydrogen-bond donors (Lipinski definition) is 1. The van der Waals surface area contributed by atoms with Gasteiger partial charge in [-0.25, -0.2) is 4.39 Å². The van der Waals surface area contributed by atoms with Gasteiger partial charge in [0.25, 0.3) is 0 Å². The molecule has 1 aromatic rings. The smallest absolute Gasteiger partial charge is 0.307 e. The maximum absolute atomic E-state index is 14.4. The van der Waals surface area contributed by atoms with Crippen LogP contribution in [0.1, 0.15) is 60.1 Å². The van der Waals surface area contributed by atoms with Gasteiger partial charge in [0, 0.05) is 13.0 Å². The summed E-state index contributed by atoms with van der Waals surface area (Å²) in [5.41, 5.74) is 7.36. The van der Waals surface area contributed by atoms with Gasteiger partial charge in [-0.1, -0.05) is 31.0 Å². The summed E-state index contributed by atoms with van der Waals surface area (Å²) in [6, 6.07) is 0. The molecule has 0 bridgehead atoms. The van der Waals surface area contributed by atoms with E-state index in [2.05, 4.69) is 18.2 Å². The Morgan fingerprint density at radius 1 is 1.14 bits per heavy atom. The number of nitrogens with zero attached hydrogens (tertiary/aromatic N) is 1. The number of carboxylic acids is 1. The molecule has 3 nitrogen and oxygen atoms in total. The largest absolute Gasteiger partial charge is 0.481 e. The second-order valence-electron chi connectivity index (χ2n) is 7.57. The Balaban J connectivity index is 3.00. The Morgan fingerprint density at radius 2 is 1.76 bits per heavy atom. The van der Waals surface area contributed by atoms with Crippen molar-refractivity contribution in [1.29, 1.82) is 0 Å². The molecule has 0 saturated heterocycles. The van der Waals surface area contributed by atoms with Crippen molar-refractivity contribution < 1.29 is 14.3 Å². The molecule has 0 amide bonds. The average Bonchev–Trinajstić information content (AvgIpc) is 2.68. The normalized spacial score (nSPS) is 12.7. The van der Waals surface area contributed by atoms with Crippen molar-refractivity contribution >= 4 is 17.9 Å². The maximum Gasteiger partial charge on any atom is 0.307 e. The number of carbonyl (C=O) groups is 1. The van der Waals surface area contributed by atoms with Gasteiger partial charge in [0.05, 0.1) is 6.42 Å². The van der Waals surface area contributed by atoms with E-state index in [0.717, 1.165) is 48.1 Å². The van der Waals surface area contributed by atoms with Crippen LogP contribution < -0.4 is 0 Å². The maximum atomic E-state index is 14.4. The first-order chi connectivity index (χ1) is 13.6. The first kappa shape index (κ1) is 25.4. The number of hydrogen-bond acceptors (Lipinski definition) is 3. The molecule has 162 valence electrons. The fourth-order valence-corrected chi connectivity index (χ4v) is 4.04. The third kappa shape index (κ3) is 7.31. The van der Waals surface area contributed by atoms with Gasteiger partial charge in [-0.15, -0.1) is 0 Å². The first-order valence-corrected chi connectivity index (χ1v) is 11.4. The van der Waals surface area contributed by atoms with Gasteiger partial charge < -0.3 is 5.11 Å². The highest BCUT2D eigenvalue weighted by atomic mass is 32.2. The Bertz CT molecular complexity index is 784. The molecule has 1 N–H and O–H groups in total. The van der Waals surface area contributed by atoms with Gasteiger partial charge in [0.2, 0.25) is 0 Å². The lowest BCUT2D eigenvalue weighted by Crippen LogP contribution is -2.11. The summed E-state index contributed by atoms with van der Waals surface area (Å²) >= 11 is 1.66. The summed E-state index contributed by atoms with van der Waals surface area (Å²) in [5.74, 6) is -0.849. The van der Waals surface area contributed by atoms with Crippen LogP contribution in [-0.2, 0) is 24.1 Å².